The number of rotatable bonds is 3. The maximum Gasteiger partial charge on any atom is 0.326 e. The Bertz CT molecular complexity index is 528. The van der Waals surface area contributed by atoms with Gasteiger partial charge in [-0.2, -0.15) is 0 Å². The Labute approximate surface area is 118 Å². The molecule has 0 aromatic heterocycles. The molecule has 1 aromatic rings. The van der Waals surface area contributed by atoms with Crippen molar-refractivity contribution in [3.8, 4) is 0 Å². The van der Waals surface area contributed by atoms with Crippen LogP contribution in [0.25, 0.3) is 0 Å². The Morgan fingerprint density at radius 2 is 2.00 bits per heavy atom. The number of nitrogens with one attached hydrogen (secondary N) is 1. The molecule has 0 spiro atoms. The zero-order valence-electron chi connectivity index (χ0n) is 12.0. The number of urea groups is 1. The van der Waals surface area contributed by atoms with Crippen LogP contribution in [-0.2, 0) is 11.2 Å². The number of benzene rings is 1. The van der Waals surface area contributed by atoms with E-state index in [1.54, 1.807) is 18.7 Å². The van der Waals surface area contributed by atoms with Gasteiger partial charge in [0.1, 0.15) is 6.04 Å². The summed E-state index contributed by atoms with van der Waals surface area (Å²) in [7, 11) is 0. The van der Waals surface area contributed by atoms with Gasteiger partial charge >= 0.3 is 12.0 Å². The Morgan fingerprint density at radius 3 is 2.60 bits per heavy atom. The minimum atomic E-state index is -1.01. The van der Waals surface area contributed by atoms with Gasteiger partial charge in [0.15, 0.2) is 0 Å². The molecule has 5 nitrogen and oxygen atoms in total. The molecule has 108 valence electrons. The fourth-order valence-corrected chi connectivity index (χ4v) is 2.59. The summed E-state index contributed by atoms with van der Waals surface area (Å²) < 4.78 is 0. The van der Waals surface area contributed by atoms with Gasteiger partial charge in [0.25, 0.3) is 0 Å². The van der Waals surface area contributed by atoms with E-state index in [1.807, 2.05) is 31.2 Å². The lowest BCUT2D eigenvalue weighted by Crippen LogP contribution is -2.51. The normalized spacial score (nSPS) is 18.8. The van der Waals surface area contributed by atoms with Crippen molar-refractivity contribution in [2.24, 2.45) is 5.92 Å². The van der Waals surface area contributed by atoms with E-state index < -0.39 is 12.0 Å². The van der Waals surface area contributed by atoms with Crippen molar-refractivity contribution >= 4 is 17.7 Å². The lowest BCUT2D eigenvalue weighted by Gasteiger charge is -2.26. The Balaban J connectivity index is 2.19. The van der Waals surface area contributed by atoms with Crippen molar-refractivity contribution in [1.82, 2.24) is 5.32 Å². The number of fused-ring (bicyclic) bond motifs is 1. The summed E-state index contributed by atoms with van der Waals surface area (Å²) in [6, 6.07) is 6.54. The Morgan fingerprint density at radius 1 is 1.35 bits per heavy atom. The summed E-state index contributed by atoms with van der Waals surface area (Å²) in [6.45, 7) is 5.52. The number of hydrogen-bond acceptors (Lipinski definition) is 2. The highest BCUT2D eigenvalue weighted by molar-refractivity contribution is 5.97. The van der Waals surface area contributed by atoms with Gasteiger partial charge in [0, 0.05) is 11.7 Å². The summed E-state index contributed by atoms with van der Waals surface area (Å²) >= 11 is 0. The molecule has 1 aliphatic rings. The minimum absolute atomic E-state index is 0.0361. The van der Waals surface area contributed by atoms with Gasteiger partial charge in [-0.05, 0) is 30.9 Å². The molecule has 2 atom stereocenters. The van der Waals surface area contributed by atoms with Crippen molar-refractivity contribution < 1.29 is 14.7 Å². The van der Waals surface area contributed by atoms with Crippen LogP contribution in [0.5, 0.6) is 0 Å². The molecule has 2 unspecified atom stereocenters. The van der Waals surface area contributed by atoms with Crippen LogP contribution < -0.4 is 10.2 Å². The molecule has 2 N–H and O–H groups in total. The van der Waals surface area contributed by atoms with E-state index >= 15 is 0 Å². The third-order valence-corrected chi connectivity index (χ3v) is 3.64. The molecule has 0 saturated carbocycles. The van der Waals surface area contributed by atoms with Crippen LogP contribution in [0.2, 0.25) is 0 Å². The number of aliphatic carboxylic acids is 1. The number of hydrogen-bond donors (Lipinski definition) is 2. The topological polar surface area (TPSA) is 69.6 Å². The second-order valence-electron chi connectivity index (χ2n) is 5.56. The van der Waals surface area contributed by atoms with Crippen molar-refractivity contribution in [3.05, 3.63) is 29.8 Å². The first-order chi connectivity index (χ1) is 9.41. The fraction of sp³-hybridized carbons (Fsp3) is 0.467. The van der Waals surface area contributed by atoms with Crippen molar-refractivity contribution in [1.29, 1.82) is 0 Å². The van der Waals surface area contributed by atoms with Crippen LogP contribution in [-0.4, -0.2) is 29.2 Å². The maximum atomic E-state index is 12.4. The number of carboxylic acid groups (broad SMARTS) is 1. The minimum Gasteiger partial charge on any atom is -0.480 e. The second-order valence-corrected chi connectivity index (χ2v) is 5.56. The van der Waals surface area contributed by atoms with Gasteiger partial charge in [0.05, 0.1) is 0 Å². The molecule has 2 amide bonds. The Hall–Kier alpha value is -2.04. The number of anilines is 1. The molecule has 20 heavy (non-hydrogen) atoms. The van der Waals surface area contributed by atoms with Gasteiger partial charge in [-0.25, -0.2) is 9.59 Å². The first-order valence-electron chi connectivity index (χ1n) is 6.82. The zero-order chi connectivity index (χ0) is 14.9. The number of carbonyl (C=O) groups excluding carboxylic acids is 1. The highest BCUT2D eigenvalue weighted by Gasteiger charge is 2.33. The van der Waals surface area contributed by atoms with Gasteiger partial charge in [-0.3, -0.25) is 4.90 Å². The first-order valence-corrected chi connectivity index (χ1v) is 6.82. The highest BCUT2D eigenvalue weighted by Crippen LogP contribution is 2.31. The van der Waals surface area contributed by atoms with Gasteiger partial charge in [-0.15, -0.1) is 0 Å². The lowest BCUT2D eigenvalue weighted by atomic mass is 10.1. The molecule has 5 heteroatoms. The monoisotopic (exact) mass is 276 g/mol. The molecule has 0 fully saturated rings. The fourth-order valence-electron chi connectivity index (χ4n) is 2.59. The van der Waals surface area contributed by atoms with Crippen molar-refractivity contribution in [3.63, 3.8) is 0 Å². The van der Waals surface area contributed by atoms with Crippen LogP contribution >= 0.6 is 0 Å². The van der Waals surface area contributed by atoms with E-state index in [0.717, 1.165) is 17.7 Å². The molecule has 1 heterocycles. The SMILES string of the molecule is CC(C)C(NC(=O)N1c2ccccc2CC1C)C(=O)O. The number of amides is 2. The van der Waals surface area contributed by atoms with Crippen LogP contribution in [0.1, 0.15) is 26.3 Å². The Kier molecular flexibility index (Phi) is 3.97. The predicted octanol–water partition coefficient (Wildman–Crippen LogP) is 2.26. The number of nitrogens with zero attached hydrogens (tertiary/aromatic N) is 1. The number of para-hydroxylation sites is 1. The van der Waals surface area contributed by atoms with Crippen molar-refractivity contribution in [2.45, 2.75) is 39.3 Å². The largest absolute Gasteiger partial charge is 0.480 e. The summed E-state index contributed by atoms with van der Waals surface area (Å²) in [5, 5.41) is 11.8. The second kappa shape index (κ2) is 5.53. The number of carboxylic acids is 1. The third kappa shape index (κ3) is 2.61. The van der Waals surface area contributed by atoms with Gasteiger partial charge < -0.3 is 10.4 Å². The molecule has 2 rings (SSSR count). The predicted molar refractivity (Wildman–Crippen MR) is 76.9 cm³/mol. The lowest BCUT2D eigenvalue weighted by molar-refractivity contribution is -0.140. The molecule has 1 aromatic carbocycles. The molecule has 0 bridgehead atoms. The summed E-state index contributed by atoms with van der Waals surface area (Å²) in [5.41, 5.74) is 1.98. The van der Waals surface area contributed by atoms with E-state index in [1.165, 1.54) is 0 Å². The molecule has 0 aliphatic carbocycles. The standard InChI is InChI=1S/C15H20N2O3/c1-9(2)13(14(18)19)16-15(20)17-10(3)8-11-6-4-5-7-12(11)17/h4-7,9-10,13H,8H2,1-3H3,(H,16,20)(H,18,19). The molecular formula is C15H20N2O3. The maximum absolute atomic E-state index is 12.4. The van der Waals surface area contributed by atoms with E-state index in [4.69, 9.17) is 5.11 Å². The molecular weight excluding hydrogens is 256 g/mol. The smallest absolute Gasteiger partial charge is 0.326 e. The van der Waals surface area contributed by atoms with Crippen LogP contribution in [0.15, 0.2) is 24.3 Å². The van der Waals surface area contributed by atoms with Crippen LogP contribution in [0.3, 0.4) is 0 Å². The van der Waals surface area contributed by atoms with Crippen LogP contribution in [0.4, 0.5) is 10.5 Å². The summed E-state index contributed by atoms with van der Waals surface area (Å²) in [6.07, 6.45) is 0.795. The first kappa shape index (κ1) is 14.4. The zero-order valence-corrected chi connectivity index (χ0v) is 12.0. The van der Waals surface area contributed by atoms with Crippen molar-refractivity contribution in [2.75, 3.05) is 4.90 Å². The van der Waals surface area contributed by atoms with E-state index in [-0.39, 0.29) is 18.0 Å². The summed E-state index contributed by atoms with van der Waals surface area (Å²) in [5.74, 6) is -1.17. The molecule has 1 aliphatic heterocycles. The molecule has 0 saturated heterocycles. The van der Waals surface area contributed by atoms with Gasteiger partial charge in [0.2, 0.25) is 0 Å². The van der Waals surface area contributed by atoms with E-state index in [2.05, 4.69) is 5.32 Å². The molecule has 0 radical (unpaired) electrons. The quantitative estimate of drug-likeness (QED) is 0.889. The van der Waals surface area contributed by atoms with Crippen LogP contribution in [0, 0.1) is 5.92 Å². The number of carbonyl (C=O) groups is 2. The average Bonchev–Trinajstić information content (AvgIpc) is 2.70. The summed E-state index contributed by atoms with van der Waals surface area (Å²) in [4.78, 5) is 25.2. The average molecular weight is 276 g/mol. The third-order valence-electron chi connectivity index (χ3n) is 3.64. The van der Waals surface area contributed by atoms with E-state index in [0.29, 0.717) is 0 Å². The van der Waals surface area contributed by atoms with E-state index in [9.17, 15) is 9.59 Å². The van der Waals surface area contributed by atoms with Gasteiger partial charge in [-0.1, -0.05) is 32.0 Å². The highest BCUT2D eigenvalue weighted by atomic mass is 16.4.